The van der Waals surface area contributed by atoms with Crippen LogP contribution < -0.4 is 21.1 Å². The Bertz CT molecular complexity index is 810. The quantitative estimate of drug-likeness (QED) is 0.559. The Labute approximate surface area is 163 Å². The highest BCUT2D eigenvalue weighted by molar-refractivity contribution is 5.85. The van der Waals surface area contributed by atoms with Crippen molar-refractivity contribution in [3.05, 3.63) is 65.7 Å². The summed E-state index contributed by atoms with van der Waals surface area (Å²) in [5, 5.41) is 4.99. The first-order valence-corrected chi connectivity index (χ1v) is 8.64. The lowest BCUT2D eigenvalue weighted by Crippen LogP contribution is -2.46. The van der Waals surface area contributed by atoms with Gasteiger partial charge in [0.2, 0.25) is 0 Å². The molecule has 0 unspecified atom stereocenters. The van der Waals surface area contributed by atoms with E-state index in [4.69, 9.17) is 15.2 Å². The lowest BCUT2D eigenvalue weighted by molar-refractivity contribution is -0.150. The van der Waals surface area contributed by atoms with Crippen LogP contribution in [0.4, 0.5) is 4.79 Å². The van der Waals surface area contributed by atoms with Gasteiger partial charge in [-0.1, -0.05) is 48.5 Å². The number of primary amides is 1. The molecule has 0 saturated carbocycles. The van der Waals surface area contributed by atoms with E-state index in [0.29, 0.717) is 5.75 Å². The summed E-state index contributed by atoms with van der Waals surface area (Å²) in [7, 11) is 1.54. The van der Waals surface area contributed by atoms with Gasteiger partial charge in [0.15, 0.2) is 6.61 Å². The number of nitrogens with one attached hydrogen (secondary N) is 2. The molecule has 0 heterocycles. The van der Waals surface area contributed by atoms with E-state index in [9.17, 15) is 14.4 Å². The molecule has 0 spiro atoms. The Morgan fingerprint density at radius 3 is 2.39 bits per heavy atom. The van der Waals surface area contributed by atoms with Crippen LogP contribution in [0.3, 0.4) is 0 Å². The van der Waals surface area contributed by atoms with Crippen molar-refractivity contribution < 1.29 is 23.9 Å². The first-order chi connectivity index (χ1) is 13.5. The van der Waals surface area contributed by atoms with Gasteiger partial charge in [-0.3, -0.25) is 4.79 Å². The summed E-state index contributed by atoms with van der Waals surface area (Å²) in [5.41, 5.74) is 6.74. The summed E-state index contributed by atoms with van der Waals surface area (Å²) < 4.78 is 10.2. The van der Waals surface area contributed by atoms with Crippen LogP contribution in [-0.4, -0.2) is 37.7 Å². The zero-order valence-corrected chi connectivity index (χ0v) is 15.5. The van der Waals surface area contributed by atoms with Crippen LogP contribution in [0, 0.1) is 0 Å². The maximum Gasteiger partial charge on any atom is 0.329 e. The van der Waals surface area contributed by atoms with Crippen molar-refractivity contribution in [2.24, 2.45) is 5.73 Å². The first-order valence-electron chi connectivity index (χ1n) is 8.64. The molecule has 0 aliphatic heterocycles. The van der Waals surface area contributed by atoms with Crippen LogP contribution in [0.5, 0.6) is 5.75 Å². The summed E-state index contributed by atoms with van der Waals surface area (Å²) in [6.07, 6.45) is 0.200. The second-order valence-corrected chi connectivity index (χ2v) is 5.95. The number of para-hydroxylation sites is 1. The molecule has 3 amide bonds. The molecule has 2 aromatic carbocycles. The molecule has 148 valence electrons. The minimum atomic E-state index is -0.984. The van der Waals surface area contributed by atoms with E-state index >= 15 is 0 Å². The number of carbonyl (C=O) groups is 3. The van der Waals surface area contributed by atoms with Gasteiger partial charge in [-0.15, -0.1) is 0 Å². The lowest BCUT2D eigenvalue weighted by atomic mass is 10.1. The van der Waals surface area contributed by atoms with Crippen LogP contribution in [0.15, 0.2) is 54.6 Å². The Kier molecular flexibility index (Phi) is 7.83. The number of hydrogen-bond acceptors (Lipinski definition) is 5. The highest BCUT2D eigenvalue weighted by atomic mass is 16.5. The topological polar surface area (TPSA) is 120 Å². The molecule has 2 aromatic rings. The van der Waals surface area contributed by atoms with Gasteiger partial charge in [0, 0.05) is 18.5 Å². The Morgan fingerprint density at radius 1 is 1.04 bits per heavy atom. The molecule has 8 nitrogen and oxygen atoms in total. The van der Waals surface area contributed by atoms with Crippen molar-refractivity contribution in [1.29, 1.82) is 0 Å². The highest BCUT2D eigenvalue weighted by Crippen LogP contribution is 2.16. The average molecular weight is 385 g/mol. The number of amides is 3. The largest absolute Gasteiger partial charge is 0.496 e. The third-order valence-corrected chi connectivity index (χ3v) is 3.90. The van der Waals surface area contributed by atoms with Crippen LogP contribution in [0.25, 0.3) is 0 Å². The van der Waals surface area contributed by atoms with E-state index in [1.807, 2.05) is 48.5 Å². The monoisotopic (exact) mass is 385 g/mol. The van der Waals surface area contributed by atoms with Crippen molar-refractivity contribution >= 4 is 17.9 Å². The first kappa shape index (κ1) is 20.8. The molecule has 0 saturated heterocycles. The summed E-state index contributed by atoms with van der Waals surface area (Å²) in [5.74, 6) is -0.569. The maximum atomic E-state index is 12.3. The van der Waals surface area contributed by atoms with Crippen LogP contribution in [0.1, 0.15) is 11.1 Å². The predicted octanol–water partition coefficient (Wildman–Crippen LogP) is 1.13. The fraction of sp³-hybridized carbons (Fsp3) is 0.250. The number of ether oxygens (including phenoxy) is 2. The van der Waals surface area contributed by atoms with Gasteiger partial charge in [-0.2, -0.15) is 0 Å². The summed E-state index contributed by atoms with van der Waals surface area (Å²) >= 11 is 0. The SMILES string of the molecule is COc1ccccc1CNC(=O)COC(=O)[C@H](Cc1ccccc1)NC(N)=O. The smallest absolute Gasteiger partial charge is 0.329 e. The Hall–Kier alpha value is -3.55. The normalized spacial score (nSPS) is 11.2. The predicted molar refractivity (Wildman–Crippen MR) is 102 cm³/mol. The summed E-state index contributed by atoms with van der Waals surface area (Å²) in [4.78, 5) is 35.4. The summed E-state index contributed by atoms with van der Waals surface area (Å²) in [6.45, 7) is -0.243. The second-order valence-electron chi connectivity index (χ2n) is 5.95. The number of rotatable bonds is 9. The van der Waals surface area contributed by atoms with Gasteiger partial charge in [0.1, 0.15) is 11.8 Å². The molecule has 28 heavy (non-hydrogen) atoms. The van der Waals surface area contributed by atoms with Gasteiger partial charge in [-0.25, -0.2) is 9.59 Å². The average Bonchev–Trinajstić information content (AvgIpc) is 2.70. The fourth-order valence-corrected chi connectivity index (χ4v) is 2.55. The molecule has 0 radical (unpaired) electrons. The molecule has 2 rings (SSSR count). The number of benzene rings is 2. The van der Waals surface area contributed by atoms with Gasteiger partial charge in [-0.05, 0) is 11.6 Å². The molecule has 8 heteroatoms. The van der Waals surface area contributed by atoms with Crippen molar-refractivity contribution in [3.8, 4) is 5.75 Å². The second kappa shape index (κ2) is 10.6. The standard InChI is InChI=1S/C20H23N3O5/c1-27-17-10-6-5-9-15(17)12-22-18(24)13-28-19(25)16(23-20(21)26)11-14-7-3-2-4-8-14/h2-10,16H,11-13H2,1H3,(H,22,24)(H3,21,23,26)/t16-/m0/s1. The number of esters is 1. The van der Waals surface area contributed by atoms with Gasteiger partial charge in [0.05, 0.1) is 7.11 Å². The molecule has 1 atom stereocenters. The van der Waals surface area contributed by atoms with Crippen molar-refractivity contribution in [1.82, 2.24) is 10.6 Å². The van der Waals surface area contributed by atoms with E-state index in [1.54, 1.807) is 13.2 Å². The zero-order valence-electron chi connectivity index (χ0n) is 15.5. The van der Waals surface area contributed by atoms with E-state index in [0.717, 1.165) is 11.1 Å². The molecule has 0 fully saturated rings. The lowest BCUT2D eigenvalue weighted by Gasteiger charge is -2.16. The number of carbonyl (C=O) groups excluding carboxylic acids is 3. The number of hydrogen-bond donors (Lipinski definition) is 3. The molecule has 0 aliphatic carbocycles. The third kappa shape index (κ3) is 6.64. The van der Waals surface area contributed by atoms with E-state index in [-0.39, 0.29) is 13.0 Å². The van der Waals surface area contributed by atoms with Gasteiger partial charge < -0.3 is 25.8 Å². The van der Waals surface area contributed by atoms with Gasteiger partial charge in [0.25, 0.3) is 5.91 Å². The number of urea groups is 1. The van der Waals surface area contributed by atoms with Crippen molar-refractivity contribution in [3.63, 3.8) is 0 Å². The van der Waals surface area contributed by atoms with Gasteiger partial charge >= 0.3 is 12.0 Å². The maximum absolute atomic E-state index is 12.3. The Balaban J connectivity index is 1.86. The Morgan fingerprint density at radius 2 is 1.71 bits per heavy atom. The molecular formula is C20H23N3O5. The van der Waals surface area contributed by atoms with E-state index < -0.39 is 30.6 Å². The summed E-state index contributed by atoms with van der Waals surface area (Å²) in [6, 6.07) is 14.5. The van der Waals surface area contributed by atoms with Crippen LogP contribution in [-0.2, 0) is 27.3 Å². The number of methoxy groups -OCH3 is 1. The minimum absolute atomic E-state index is 0.200. The van der Waals surface area contributed by atoms with Crippen LogP contribution >= 0.6 is 0 Å². The molecule has 0 aromatic heterocycles. The van der Waals surface area contributed by atoms with Crippen molar-refractivity contribution in [2.75, 3.05) is 13.7 Å². The highest BCUT2D eigenvalue weighted by Gasteiger charge is 2.22. The van der Waals surface area contributed by atoms with E-state index in [2.05, 4.69) is 10.6 Å². The molecule has 4 N–H and O–H groups in total. The molecule has 0 bridgehead atoms. The third-order valence-electron chi connectivity index (χ3n) is 3.90. The van der Waals surface area contributed by atoms with Crippen molar-refractivity contribution in [2.45, 2.75) is 19.0 Å². The molecular weight excluding hydrogens is 362 g/mol. The van der Waals surface area contributed by atoms with Crippen LogP contribution in [0.2, 0.25) is 0 Å². The number of nitrogens with two attached hydrogens (primary N) is 1. The minimum Gasteiger partial charge on any atom is -0.496 e. The van der Waals surface area contributed by atoms with E-state index in [1.165, 1.54) is 0 Å². The zero-order chi connectivity index (χ0) is 20.4. The molecule has 0 aliphatic rings. The fourth-order valence-electron chi connectivity index (χ4n) is 2.55.